The predicted octanol–water partition coefficient (Wildman–Crippen LogP) is 4.80. The third-order valence-corrected chi connectivity index (χ3v) is 2.41. The molecule has 78 valence electrons. The van der Waals surface area contributed by atoms with Crippen molar-refractivity contribution in [2.75, 3.05) is 0 Å². The van der Waals surface area contributed by atoms with Crippen molar-refractivity contribution < 1.29 is 8.78 Å². The van der Waals surface area contributed by atoms with Gasteiger partial charge >= 0.3 is 0 Å². The molecule has 0 N–H and O–H groups in total. The summed E-state index contributed by atoms with van der Waals surface area (Å²) in [5.41, 5.74) is -0.0238. The summed E-state index contributed by atoms with van der Waals surface area (Å²) >= 11 is 20.7. The topological polar surface area (TPSA) is 0 Å². The van der Waals surface area contributed by atoms with Crippen molar-refractivity contribution in [1.29, 1.82) is 0 Å². The fraction of sp³-hybridized carbons (Fsp3) is 0.250. The van der Waals surface area contributed by atoms with Crippen LogP contribution < -0.4 is 0 Å². The SMILES string of the molecule is FC(Cl)(Cl)c1ccc(C(F)(Cl)Cl)cc1. The van der Waals surface area contributed by atoms with Crippen molar-refractivity contribution >= 4 is 46.4 Å². The lowest BCUT2D eigenvalue weighted by molar-refractivity contribution is 0.399. The molecule has 0 saturated heterocycles. The molecule has 0 amide bonds. The fourth-order valence-electron chi connectivity index (χ4n) is 0.848. The molecule has 0 aliphatic heterocycles. The second-order valence-electron chi connectivity index (χ2n) is 2.57. The van der Waals surface area contributed by atoms with Gasteiger partial charge in [0.2, 0.25) is 0 Å². The van der Waals surface area contributed by atoms with Gasteiger partial charge in [-0.05, 0) is 0 Å². The van der Waals surface area contributed by atoms with Gasteiger partial charge in [0, 0.05) is 11.1 Å². The van der Waals surface area contributed by atoms with Crippen LogP contribution in [0.2, 0.25) is 0 Å². The fourth-order valence-corrected chi connectivity index (χ4v) is 1.35. The monoisotopic (exact) mass is 278 g/mol. The molecule has 0 aliphatic rings. The predicted molar refractivity (Wildman–Crippen MR) is 55.4 cm³/mol. The molecule has 0 atom stereocenters. The van der Waals surface area contributed by atoms with Crippen LogP contribution in [0.25, 0.3) is 0 Å². The van der Waals surface area contributed by atoms with Gasteiger partial charge in [-0.2, -0.15) is 0 Å². The minimum Gasteiger partial charge on any atom is -0.203 e. The lowest BCUT2D eigenvalue weighted by Gasteiger charge is -2.12. The van der Waals surface area contributed by atoms with Crippen LogP contribution in [-0.4, -0.2) is 0 Å². The summed E-state index contributed by atoms with van der Waals surface area (Å²) in [4.78, 5) is 0. The van der Waals surface area contributed by atoms with Gasteiger partial charge in [0.05, 0.1) is 0 Å². The molecule has 1 aromatic carbocycles. The van der Waals surface area contributed by atoms with Crippen molar-refractivity contribution in [2.45, 2.75) is 9.17 Å². The molecular formula is C8H4Cl4F2. The minimum atomic E-state index is -2.50. The average molecular weight is 280 g/mol. The highest BCUT2D eigenvalue weighted by molar-refractivity contribution is 6.47. The van der Waals surface area contributed by atoms with Crippen LogP contribution in [0.3, 0.4) is 0 Å². The molecule has 0 radical (unpaired) electrons. The van der Waals surface area contributed by atoms with Gasteiger partial charge in [0.1, 0.15) is 0 Å². The lowest BCUT2D eigenvalue weighted by Crippen LogP contribution is -2.05. The van der Waals surface area contributed by atoms with E-state index in [-0.39, 0.29) is 11.1 Å². The number of alkyl halides is 6. The van der Waals surface area contributed by atoms with Gasteiger partial charge in [-0.1, -0.05) is 70.7 Å². The normalized spacial score (nSPS) is 13.0. The molecule has 0 aromatic heterocycles. The number of hydrogen-bond acceptors (Lipinski definition) is 0. The molecule has 0 bridgehead atoms. The summed E-state index contributed by atoms with van der Waals surface area (Å²) in [6.07, 6.45) is 0. The first kappa shape index (κ1) is 12.3. The van der Waals surface area contributed by atoms with Crippen molar-refractivity contribution in [3.8, 4) is 0 Å². The van der Waals surface area contributed by atoms with E-state index in [4.69, 9.17) is 46.4 Å². The number of halogens is 6. The molecule has 0 unspecified atom stereocenters. The first-order valence-corrected chi connectivity index (χ1v) is 4.97. The Labute approximate surface area is 99.7 Å². The molecule has 0 heterocycles. The molecule has 0 fully saturated rings. The van der Waals surface area contributed by atoms with E-state index in [9.17, 15) is 8.78 Å². The molecule has 1 rings (SSSR count). The van der Waals surface area contributed by atoms with Crippen LogP contribution in [0.4, 0.5) is 8.78 Å². The van der Waals surface area contributed by atoms with E-state index in [0.717, 1.165) is 0 Å². The smallest absolute Gasteiger partial charge is 0.203 e. The molecule has 0 spiro atoms. The van der Waals surface area contributed by atoms with Gasteiger partial charge in [-0.25, -0.2) is 8.78 Å². The van der Waals surface area contributed by atoms with Crippen molar-refractivity contribution in [1.82, 2.24) is 0 Å². The standard InChI is InChI=1S/C8H4Cl4F2/c9-7(10,13)5-1-2-6(4-3-5)8(11,12)14/h1-4H. The lowest BCUT2D eigenvalue weighted by atomic mass is 10.1. The summed E-state index contributed by atoms with van der Waals surface area (Å²) in [7, 11) is 0. The minimum absolute atomic E-state index is 0.0119. The molecule has 0 nitrogen and oxygen atoms in total. The third kappa shape index (κ3) is 3.13. The quantitative estimate of drug-likeness (QED) is 0.682. The van der Waals surface area contributed by atoms with E-state index in [1.807, 2.05) is 0 Å². The summed E-state index contributed by atoms with van der Waals surface area (Å²) < 4.78 is 20.8. The zero-order valence-corrected chi connectivity index (χ0v) is 9.60. The largest absolute Gasteiger partial charge is 0.283 e. The molecule has 0 aliphatic carbocycles. The van der Waals surface area contributed by atoms with E-state index in [0.29, 0.717) is 0 Å². The Bertz CT molecular complexity index is 277. The summed E-state index contributed by atoms with van der Waals surface area (Å²) in [6.45, 7) is 0. The summed E-state index contributed by atoms with van der Waals surface area (Å²) in [6, 6.07) is 4.81. The first-order valence-electron chi connectivity index (χ1n) is 3.46. The van der Waals surface area contributed by atoms with Crippen LogP contribution in [0.15, 0.2) is 24.3 Å². The van der Waals surface area contributed by atoms with Crippen LogP contribution in [-0.2, 0) is 9.17 Å². The van der Waals surface area contributed by atoms with Crippen LogP contribution in [0.1, 0.15) is 11.1 Å². The van der Waals surface area contributed by atoms with E-state index < -0.39 is 9.17 Å². The highest BCUT2D eigenvalue weighted by atomic mass is 35.5. The highest BCUT2D eigenvalue weighted by Crippen LogP contribution is 2.39. The number of hydrogen-bond donors (Lipinski definition) is 0. The Balaban J connectivity index is 3.02. The first-order chi connectivity index (χ1) is 6.21. The number of rotatable bonds is 2. The Morgan fingerprint density at radius 3 is 1.07 bits per heavy atom. The van der Waals surface area contributed by atoms with E-state index >= 15 is 0 Å². The van der Waals surface area contributed by atoms with Gasteiger partial charge in [-0.3, -0.25) is 0 Å². The third-order valence-electron chi connectivity index (χ3n) is 1.54. The van der Waals surface area contributed by atoms with Gasteiger partial charge < -0.3 is 0 Å². The van der Waals surface area contributed by atoms with E-state index in [1.54, 1.807) is 0 Å². The number of benzene rings is 1. The van der Waals surface area contributed by atoms with Gasteiger partial charge in [0.25, 0.3) is 9.17 Å². The highest BCUT2D eigenvalue weighted by Gasteiger charge is 2.28. The average Bonchev–Trinajstić information content (AvgIpc) is 2.01. The van der Waals surface area contributed by atoms with Gasteiger partial charge in [0.15, 0.2) is 0 Å². The van der Waals surface area contributed by atoms with Crippen LogP contribution >= 0.6 is 46.4 Å². The Morgan fingerprint density at radius 2 is 0.929 bits per heavy atom. The molecule has 6 heteroatoms. The second kappa shape index (κ2) is 4.01. The van der Waals surface area contributed by atoms with E-state index in [2.05, 4.69) is 0 Å². The Hall–Kier alpha value is 0.240. The Kier molecular flexibility index (Phi) is 3.53. The second-order valence-corrected chi connectivity index (χ2v) is 5.04. The zero-order chi connectivity index (χ0) is 11.0. The van der Waals surface area contributed by atoms with Crippen LogP contribution in [0, 0.1) is 0 Å². The van der Waals surface area contributed by atoms with Crippen LogP contribution in [0.5, 0.6) is 0 Å². The Morgan fingerprint density at radius 1 is 0.714 bits per heavy atom. The maximum Gasteiger partial charge on any atom is 0.283 e. The molecular weight excluding hydrogens is 276 g/mol. The van der Waals surface area contributed by atoms with Crippen molar-refractivity contribution in [3.63, 3.8) is 0 Å². The zero-order valence-electron chi connectivity index (χ0n) is 6.58. The molecule has 14 heavy (non-hydrogen) atoms. The van der Waals surface area contributed by atoms with Crippen molar-refractivity contribution in [2.24, 2.45) is 0 Å². The summed E-state index contributed by atoms with van der Waals surface area (Å²) in [5, 5.41) is 0. The maximum absolute atomic E-state index is 12.9. The van der Waals surface area contributed by atoms with Gasteiger partial charge in [-0.15, -0.1) is 0 Å². The van der Waals surface area contributed by atoms with Crippen molar-refractivity contribution in [3.05, 3.63) is 35.4 Å². The molecule has 0 saturated carbocycles. The summed E-state index contributed by atoms with van der Waals surface area (Å²) in [5.74, 6) is 0. The maximum atomic E-state index is 12.9. The van der Waals surface area contributed by atoms with E-state index in [1.165, 1.54) is 24.3 Å². The molecule has 1 aromatic rings.